The van der Waals surface area contributed by atoms with Crippen molar-refractivity contribution in [3.05, 3.63) is 42.2 Å². The van der Waals surface area contributed by atoms with Gasteiger partial charge in [-0.25, -0.2) is 9.97 Å². The van der Waals surface area contributed by atoms with Crippen molar-refractivity contribution in [1.82, 2.24) is 9.97 Å². The second-order valence-corrected chi connectivity index (χ2v) is 6.23. The van der Waals surface area contributed by atoms with Crippen molar-refractivity contribution in [3.8, 4) is 5.75 Å². The van der Waals surface area contributed by atoms with Gasteiger partial charge in [-0.3, -0.25) is 4.79 Å². The Morgan fingerprint density at radius 2 is 2.12 bits per heavy atom. The average Bonchev–Trinajstić information content (AvgIpc) is 2.64. The summed E-state index contributed by atoms with van der Waals surface area (Å²) in [6.07, 6.45) is 3.60. The molecule has 1 amide bonds. The van der Waals surface area contributed by atoms with Crippen LogP contribution in [-0.2, 0) is 4.79 Å². The predicted octanol–water partition coefficient (Wildman–Crippen LogP) is 3.04. The Labute approximate surface area is 148 Å². The molecule has 1 N–H and O–H groups in total. The highest BCUT2D eigenvalue weighted by atomic mass is 16.5. The number of anilines is 2. The van der Waals surface area contributed by atoms with Gasteiger partial charge >= 0.3 is 0 Å². The Balaban J connectivity index is 1.61. The van der Waals surface area contributed by atoms with E-state index in [9.17, 15) is 4.79 Å². The number of nitrogens with one attached hydrogen (secondary N) is 1. The summed E-state index contributed by atoms with van der Waals surface area (Å²) >= 11 is 0. The number of amides is 1. The van der Waals surface area contributed by atoms with Gasteiger partial charge in [-0.1, -0.05) is 0 Å². The van der Waals surface area contributed by atoms with Gasteiger partial charge in [-0.2, -0.15) is 0 Å². The van der Waals surface area contributed by atoms with Crippen molar-refractivity contribution in [1.29, 1.82) is 0 Å². The smallest absolute Gasteiger partial charge is 0.229 e. The molecule has 0 bridgehead atoms. The number of aromatic nitrogens is 2. The summed E-state index contributed by atoms with van der Waals surface area (Å²) in [6.45, 7) is 6.06. The molecule has 2 heterocycles. The molecule has 0 aliphatic carbocycles. The highest BCUT2D eigenvalue weighted by molar-refractivity contribution is 5.93. The van der Waals surface area contributed by atoms with Crippen molar-refractivity contribution in [2.24, 2.45) is 5.92 Å². The van der Waals surface area contributed by atoms with Crippen LogP contribution in [0.25, 0.3) is 0 Å². The monoisotopic (exact) mass is 340 g/mol. The lowest BCUT2D eigenvalue weighted by Gasteiger charge is -2.32. The first kappa shape index (κ1) is 17.2. The normalized spacial score (nSPS) is 17.2. The first-order valence-corrected chi connectivity index (χ1v) is 8.74. The molecule has 6 heteroatoms. The molecule has 132 valence electrons. The van der Waals surface area contributed by atoms with Crippen LogP contribution < -0.4 is 15.0 Å². The van der Waals surface area contributed by atoms with Crippen LogP contribution in [0.5, 0.6) is 5.75 Å². The van der Waals surface area contributed by atoms with E-state index in [4.69, 9.17) is 4.74 Å². The third kappa shape index (κ3) is 4.47. The molecule has 1 aromatic carbocycles. The Kier molecular flexibility index (Phi) is 5.48. The minimum atomic E-state index is -0.0653. The summed E-state index contributed by atoms with van der Waals surface area (Å²) in [4.78, 5) is 23.5. The minimum Gasteiger partial charge on any atom is -0.494 e. The van der Waals surface area contributed by atoms with Crippen LogP contribution in [0.4, 0.5) is 11.6 Å². The van der Waals surface area contributed by atoms with E-state index in [1.165, 1.54) is 0 Å². The molecule has 2 aromatic rings. The van der Waals surface area contributed by atoms with Gasteiger partial charge in [0.1, 0.15) is 5.75 Å². The van der Waals surface area contributed by atoms with Gasteiger partial charge in [-0.15, -0.1) is 0 Å². The molecule has 1 aliphatic rings. The Bertz CT molecular complexity index is 718. The number of benzene rings is 1. The summed E-state index contributed by atoms with van der Waals surface area (Å²) < 4.78 is 5.42. The number of carbonyl (C=O) groups excluding carboxylic acids is 1. The number of ether oxygens (including phenoxy) is 1. The first-order chi connectivity index (χ1) is 12.2. The zero-order chi connectivity index (χ0) is 17.6. The van der Waals surface area contributed by atoms with E-state index in [0.717, 1.165) is 36.5 Å². The number of hydrogen-bond donors (Lipinski definition) is 1. The highest BCUT2D eigenvalue weighted by Gasteiger charge is 2.27. The number of piperidine rings is 1. The van der Waals surface area contributed by atoms with Gasteiger partial charge in [0.25, 0.3) is 0 Å². The second-order valence-electron chi connectivity index (χ2n) is 6.23. The lowest BCUT2D eigenvalue weighted by atomic mass is 9.97. The average molecular weight is 340 g/mol. The van der Waals surface area contributed by atoms with Gasteiger partial charge in [0.15, 0.2) is 0 Å². The van der Waals surface area contributed by atoms with Crippen molar-refractivity contribution in [2.45, 2.75) is 26.7 Å². The Hall–Kier alpha value is -2.63. The zero-order valence-electron chi connectivity index (χ0n) is 14.7. The summed E-state index contributed by atoms with van der Waals surface area (Å²) in [5, 5.41) is 3.00. The molecule has 1 aliphatic heterocycles. The molecule has 1 atom stereocenters. The quantitative estimate of drug-likeness (QED) is 0.906. The standard InChI is InChI=1S/C19H24N4O2/c1-3-25-17-8-6-16(7-9-17)22-18(24)15-5-4-12-23(13-15)19-20-11-10-14(2)21-19/h6-11,15H,3-5,12-13H2,1-2H3,(H,22,24)/t15-/m0/s1. The maximum Gasteiger partial charge on any atom is 0.229 e. The van der Waals surface area contributed by atoms with Crippen molar-refractivity contribution >= 4 is 17.5 Å². The van der Waals surface area contributed by atoms with Gasteiger partial charge in [0.05, 0.1) is 12.5 Å². The molecule has 1 fully saturated rings. The van der Waals surface area contributed by atoms with Crippen LogP contribution in [-0.4, -0.2) is 35.6 Å². The number of rotatable bonds is 5. The molecular formula is C19H24N4O2. The molecule has 0 unspecified atom stereocenters. The molecule has 1 aromatic heterocycles. The first-order valence-electron chi connectivity index (χ1n) is 8.74. The van der Waals surface area contributed by atoms with Crippen LogP contribution in [0.1, 0.15) is 25.5 Å². The van der Waals surface area contributed by atoms with Crippen LogP contribution in [0.15, 0.2) is 36.5 Å². The summed E-state index contributed by atoms with van der Waals surface area (Å²) in [7, 11) is 0. The van der Waals surface area contributed by atoms with Gasteiger partial charge in [-0.05, 0) is 57.0 Å². The van der Waals surface area contributed by atoms with Crippen LogP contribution in [0, 0.1) is 12.8 Å². The van der Waals surface area contributed by atoms with E-state index in [0.29, 0.717) is 19.1 Å². The lowest BCUT2D eigenvalue weighted by Crippen LogP contribution is -2.41. The van der Waals surface area contributed by atoms with E-state index in [1.807, 2.05) is 44.2 Å². The maximum absolute atomic E-state index is 12.6. The molecule has 3 rings (SSSR count). The van der Waals surface area contributed by atoms with Gasteiger partial charge in [0.2, 0.25) is 11.9 Å². The summed E-state index contributed by atoms with van der Waals surface area (Å²) in [5.41, 5.74) is 1.73. The third-order valence-electron chi connectivity index (χ3n) is 4.29. The van der Waals surface area contributed by atoms with E-state index in [2.05, 4.69) is 20.2 Å². The van der Waals surface area contributed by atoms with Gasteiger partial charge in [0, 0.05) is 30.7 Å². The van der Waals surface area contributed by atoms with Crippen LogP contribution in [0.3, 0.4) is 0 Å². The molecule has 1 saturated heterocycles. The van der Waals surface area contributed by atoms with Crippen molar-refractivity contribution in [3.63, 3.8) is 0 Å². The largest absolute Gasteiger partial charge is 0.494 e. The fraction of sp³-hybridized carbons (Fsp3) is 0.421. The molecular weight excluding hydrogens is 316 g/mol. The van der Waals surface area contributed by atoms with E-state index < -0.39 is 0 Å². The number of nitrogens with zero attached hydrogens (tertiary/aromatic N) is 3. The highest BCUT2D eigenvalue weighted by Crippen LogP contribution is 2.22. The van der Waals surface area contributed by atoms with E-state index >= 15 is 0 Å². The van der Waals surface area contributed by atoms with Crippen molar-refractivity contribution in [2.75, 3.05) is 29.9 Å². The van der Waals surface area contributed by atoms with E-state index in [1.54, 1.807) is 6.20 Å². The fourth-order valence-electron chi connectivity index (χ4n) is 3.01. The summed E-state index contributed by atoms with van der Waals surface area (Å²) in [5.74, 6) is 1.49. The van der Waals surface area contributed by atoms with Gasteiger partial charge < -0.3 is 15.0 Å². The number of carbonyl (C=O) groups is 1. The molecule has 0 spiro atoms. The molecule has 0 radical (unpaired) electrons. The topological polar surface area (TPSA) is 67.3 Å². The number of hydrogen-bond acceptors (Lipinski definition) is 5. The summed E-state index contributed by atoms with van der Waals surface area (Å²) in [6, 6.07) is 9.35. The SMILES string of the molecule is CCOc1ccc(NC(=O)[C@H]2CCCN(c3nccc(C)n3)C2)cc1. The molecule has 0 saturated carbocycles. The Morgan fingerprint density at radius 1 is 1.32 bits per heavy atom. The fourth-order valence-corrected chi connectivity index (χ4v) is 3.01. The molecule has 25 heavy (non-hydrogen) atoms. The van der Waals surface area contributed by atoms with Crippen LogP contribution >= 0.6 is 0 Å². The lowest BCUT2D eigenvalue weighted by molar-refractivity contribution is -0.120. The third-order valence-corrected chi connectivity index (χ3v) is 4.29. The number of aryl methyl sites for hydroxylation is 1. The van der Waals surface area contributed by atoms with Crippen molar-refractivity contribution < 1.29 is 9.53 Å². The van der Waals surface area contributed by atoms with E-state index in [-0.39, 0.29) is 11.8 Å². The predicted molar refractivity (Wildman–Crippen MR) is 97.9 cm³/mol. The van der Waals surface area contributed by atoms with Crippen LogP contribution in [0.2, 0.25) is 0 Å². The zero-order valence-corrected chi connectivity index (χ0v) is 14.7. The Morgan fingerprint density at radius 3 is 2.84 bits per heavy atom. The minimum absolute atomic E-state index is 0.0431. The maximum atomic E-state index is 12.6. The second kappa shape index (κ2) is 7.96. The molecule has 6 nitrogen and oxygen atoms in total.